The number of guanidine groups is 1. The molecular weight excluding hydrogens is 370 g/mol. The van der Waals surface area contributed by atoms with Crippen molar-refractivity contribution in [2.75, 3.05) is 20.2 Å². The highest BCUT2D eigenvalue weighted by molar-refractivity contribution is 5.96. The largest absolute Gasteiger partial charge is 0.497 e. The Morgan fingerprint density at radius 2 is 1.79 bits per heavy atom. The summed E-state index contributed by atoms with van der Waals surface area (Å²) in [6, 6.07) is 14.9. The van der Waals surface area contributed by atoms with Crippen molar-refractivity contribution in [1.29, 1.82) is 0 Å². The molecule has 0 atom stereocenters. The fourth-order valence-corrected chi connectivity index (χ4v) is 2.51. The Balaban J connectivity index is 1.93. The molecule has 29 heavy (non-hydrogen) atoms. The van der Waals surface area contributed by atoms with Gasteiger partial charge in [-0.3, -0.25) is 9.59 Å². The molecule has 0 saturated heterocycles. The minimum Gasteiger partial charge on any atom is -0.497 e. The first-order chi connectivity index (χ1) is 14.0. The van der Waals surface area contributed by atoms with Crippen molar-refractivity contribution in [3.8, 4) is 5.75 Å². The molecule has 2 aromatic rings. The Kier molecular flexibility index (Phi) is 8.50. The summed E-state index contributed by atoms with van der Waals surface area (Å²) in [6.07, 6.45) is 0. The highest BCUT2D eigenvalue weighted by Crippen LogP contribution is 2.13. The van der Waals surface area contributed by atoms with E-state index in [1.54, 1.807) is 19.2 Å². The number of methoxy groups -OCH3 is 1. The van der Waals surface area contributed by atoms with Crippen molar-refractivity contribution in [2.24, 2.45) is 10.7 Å². The maximum atomic E-state index is 11.9. The van der Waals surface area contributed by atoms with Gasteiger partial charge in [0.1, 0.15) is 5.75 Å². The minimum absolute atomic E-state index is 0.183. The molecule has 0 saturated carbocycles. The fraction of sp³-hybridized carbons (Fsp3) is 0.286. The predicted molar refractivity (Wildman–Crippen MR) is 113 cm³/mol. The van der Waals surface area contributed by atoms with E-state index in [0.29, 0.717) is 24.6 Å². The molecule has 5 N–H and O–H groups in total. The molecule has 0 bridgehead atoms. The third-order valence-electron chi connectivity index (χ3n) is 4.00. The Bertz CT molecular complexity index is 850. The van der Waals surface area contributed by atoms with Gasteiger partial charge in [0.2, 0.25) is 5.91 Å². The third kappa shape index (κ3) is 7.53. The zero-order valence-corrected chi connectivity index (χ0v) is 16.7. The van der Waals surface area contributed by atoms with E-state index >= 15 is 0 Å². The lowest BCUT2D eigenvalue weighted by molar-refractivity contribution is -0.117. The molecule has 0 spiro atoms. The summed E-state index contributed by atoms with van der Waals surface area (Å²) in [5.41, 5.74) is 7.53. The summed E-state index contributed by atoms with van der Waals surface area (Å²) in [5.74, 6) is 0.578. The Morgan fingerprint density at radius 1 is 1.03 bits per heavy atom. The molecule has 0 unspecified atom stereocenters. The molecule has 0 fully saturated rings. The molecule has 0 aliphatic carbocycles. The van der Waals surface area contributed by atoms with Crippen LogP contribution in [-0.4, -0.2) is 38.0 Å². The van der Waals surface area contributed by atoms with Crippen LogP contribution in [0, 0.1) is 0 Å². The molecule has 2 aromatic carbocycles. The molecule has 8 nitrogen and oxygen atoms in total. The van der Waals surface area contributed by atoms with E-state index in [-0.39, 0.29) is 12.5 Å². The molecule has 154 valence electrons. The van der Waals surface area contributed by atoms with Gasteiger partial charge in [0.25, 0.3) is 5.91 Å². The van der Waals surface area contributed by atoms with Gasteiger partial charge in [0, 0.05) is 18.7 Å². The van der Waals surface area contributed by atoms with Gasteiger partial charge >= 0.3 is 0 Å². The van der Waals surface area contributed by atoms with Crippen LogP contribution in [0.4, 0.5) is 0 Å². The number of rotatable bonds is 9. The van der Waals surface area contributed by atoms with Crippen molar-refractivity contribution in [3.05, 3.63) is 65.2 Å². The van der Waals surface area contributed by atoms with Crippen LogP contribution < -0.4 is 26.4 Å². The second-order valence-electron chi connectivity index (χ2n) is 6.25. The number of benzene rings is 2. The van der Waals surface area contributed by atoms with Crippen LogP contribution in [0.15, 0.2) is 53.5 Å². The molecule has 0 aromatic heterocycles. The molecule has 0 radical (unpaired) electrons. The van der Waals surface area contributed by atoms with Gasteiger partial charge in [-0.25, -0.2) is 4.99 Å². The van der Waals surface area contributed by atoms with Crippen molar-refractivity contribution >= 4 is 17.8 Å². The topological polar surface area (TPSA) is 118 Å². The van der Waals surface area contributed by atoms with Gasteiger partial charge in [-0.15, -0.1) is 0 Å². The molecule has 2 rings (SSSR count). The first-order valence-electron chi connectivity index (χ1n) is 9.32. The number of hydrogen-bond acceptors (Lipinski definition) is 4. The number of nitrogens with one attached hydrogen (secondary N) is 3. The number of aliphatic imine (C=N–C) groups is 1. The number of primary amides is 1. The van der Waals surface area contributed by atoms with Gasteiger partial charge in [0.05, 0.1) is 20.2 Å². The summed E-state index contributed by atoms with van der Waals surface area (Å²) in [4.78, 5) is 27.2. The summed E-state index contributed by atoms with van der Waals surface area (Å²) in [5, 5.41) is 8.94. The quantitative estimate of drug-likeness (QED) is 0.374. The summed E-state index contributed by atoms with van der Waals surface area (Å²) < 4.78 is 5.24. The van der Waals surface area contributed by atoms with Gasteiger partial charge in [0.15, 0.2) is 5.96 Å². The van der Waals surface area contributed by atoms with Crippen molar-refractivity contribution < 1.29 is 14.3 Å². The van der Waals surface area contributed by atoms with Gasteiger partial charge in [-0.05, 0) is 42.3 Å². The van der Waals surface area contributed by atoms with Gasteiger partial charge in [-0.1, -0.05) is 24.3 Å². The van der Waals surface area contributed by atoms with E-state index < -0.39 is 5.91 Å². The van der Waals surface area contributed by atoms with Crippen LogP contribution in [-0.2, 0) is 17.9 Å². The fourth-order valence-electron chi connectivity index (χ4n) is 2.51. The second-order valence-corrected chi connectivity index (χ2v) is 6.25. The summed E-state index contributed by atoms with van der Waals surface area (Å²) in [6.45, 7) is 3.63. The van der Waals surface area contributed by atoms with Crippen LogP contribution in [0.2, 0.25) is 0 Å². The number of nitrogens with zero attached hydrogens (tertiary/aromatic N) is 1. The normalized spacial score (nSPS) is 10.9. The van der Waals surface area contributed by atoms with E-state index in [0.717, 1.165) is 23.4 Å². The molecular formula is C21H27N5O3. The number of carbonyl (C=O) groups is 2. The number of nitrogens with two attached hydrogens (primary N) is 1. The predicted octanol–water partition coefficient (Wildman–Crippen LogP) is 1.17. The number of hydrogen-bond donors (Lipinski definition) is 4. The monoisotopic (exact) mass is 397 g/mol. The lowest BCUT2D eigenvalue weighted by atomic mass is 10.1. The van der Waals surface area contributed by atoms with Gasteiger partial charge < -0.3 is 26.4 Å². The highest BCUT2D eigenvalue weighted by atomic mass is 16.5. The highest BCUT2D eigenvalue weighted by Gasteiger charge is 2.06. The van der Waals surface area contributed by atoms with Crippen LogP contribution in [0.25, 0.3) is 0 Å². The number of amides is 2. The average molecular weight is 397 g/mol. The third-order valence-corrected chi connectivity index (χ3v) is 4.00. The Hall–Kier alpha value is -3.55. The molecule has 8 heteroatoms. The molecule has 0 heterocycles. The molecule has 0 aliphatic rings. The van der Waals surface area contributed by atoms with E-state index in [4.69, 9.17) is 10.5 Å². The van der Waals surface area contributed by atoms with Crippen LogP contribution in [0.5, 0.6) is 5.75 Å². The minimum atomic E-state index is -0.580. The van der Waals surface area contributed by atoms with Crippen LogP contribution >= 0.6 is 0 Å². The second kappa shape index (κ2) is 11.3. The first kappa shape index (κ1) is 21.7. The van der Waals surface area contributed by atoms with E-state index in [1.165, 1.54) is 0 Å². The lowest BCUT2D eigenvalue weighted by Gasteiger charge is -2.12. The van der Waals surface area contributed by atoms with Crippen LogP contribution in [0.1, 0.15) is 28.4 Å². The summed E-state index contributed by atoms with van der Waals surface area (Å²) >= 11 is 0. The van der Waals surface area contributed by atoms with E-state index in [1.807, 2.05) is 43.3 Å². The maximum Gasteiger partial charge on any atom is 0.251 e. The Morgan fingerprint density at radius 3 is 2.45 bits per heavy atom. The van der Waals surface area contributed by atoms with E-state index in [2.05, 4.69) is 20.9 Å². The zero-order valence-electron chi connectivity index (χ0n) is 16.7. The number of carbonyl (C=O) groups excluding carboxylic acids is 2. The standard InChI is InChI=1S/C21H27N5O3/c1-3-23-21(26-13-16-5-4-6-18(11-16)29-2)25-12-15-7-9-17(10-8-15)20(28)24-14-19(22)27/h4-11H,3,12-14H2,1-2H3,(H2,22,27)(H,24,28)(H2,23,25,26). The van der Waals surface area contributed by atoms with E-state index in [9.17, 15) is 9.59 Å². The maximum absolute atomic E-state index is 11.9. The van der Waals surface area contributed by atoms with Gasteiger partial charge in [-0.2, -0.15) is 0 Å². The SMILES string of the molecule is CCNC(=NCc1cccc(OC)c1)NCc1ccc(C(=O)NCC(N)=O)cc1. The average Bonchev–Trinajstić information content (AvgIpc) is 2.74. The Labute approximate surface area is 170 Å². The number of ether oxygens (including phenoxy) is 1. The smallest absolute Gasteiger partial charge is 0.251 e. The molecule has 2 amide bonds. The first-order valence-corrected chi connectivity index (χ1v) is 9.32. The van der Waals surface area contributed by atoms with Crippen molar-refractivity contribution in [2.45, 2.75) is 20.0 Å². The van der Waals surface area contributed by atoms with Crippen LogP contribution in [0.3, 0.4) is 0 Å². The summed E-state index contributed by atoms with van der Waals surface area (Å²) in [7, 11) is 1.64. The zero-order chi connectivity index (χ0) is 21.1. The lowest BCUT2D eigenvalue weighted by Crippen LogP contribution is -2.36. The molecule has 0 aliphatic heterocycles. The van der Waals surface area contributed by atoms with Crippen molar-refractivity contribution in [1.82, 2.24) is 16.0 Å². The van der Waals surface area contributed by atoms with Crippen molar-refractivity contribution in [3.63, 3.8) is 0 Å².